The summed E-state index contributed by atoms with van der Waals surface area (Å²) in [7, 11) is 0. The van der Waals surface area contributed by atoms with E-state index in [4.69, 9.17) is 19.3 Å². The molecule has 0 aromatic rings. The number of rotatable bonds is 4. The summed E-state index contributed by atoms with van der Waals surface area (Å²) in [4.78, 5) is 0. The van der Waals surface area contributed by atoms with E-state index in [0.717, 1.165) is 0 Å². The quantitative estimate of drug-likeness (QED) is 0.243. The summed E-state index contributed by atoms with van der Waals surface area (Å²) in [6.07, 6.45) is -15.6. The van der Waals surface area contributed by atoms with Crippen LogP contribution in [0.2, 0.25) is 0 Å². The molecule has 2 aliphatic rings. The molecule has 2 saturated heterocycles. The van der Waals surface area contributed by atoms with E-state index < -0.39 is 74.6 Å². The highest BCUT2D eigenvalue weighted by atomic mass is 16.7. The lowest BCUT2D eigenvalue weighted by atomic mass is 9.97. The van der Waals surface area contributed by atoms with Crippen LogP contribution in [0.5, 0.6) is 0 Å². The van der Waals surface area contributed by atoms with Crippen LogP contribution >= 0.6 is 0 Å². The molecule has 2 heterocycles. The van der Waals surface area contributed by atoms with Crippen molar-refractivity contribution in [3.05, 3.63) is 0 Å². The van der Waals surface area contributed by atoms with E-state index in [-0.39, 0.29) is 0 Å². The van der Waals surface area contributed by atoms with Crippen molar-refractivity contribution < 1.29 is 55.1 Å². The second-order valence-electron chi connectivity index (χ2n) is 5.53. The molecule has 8 N–H and O–H groups in total. The van der Waals surface area contributed by atoms with Gasteiger partial charge in [-0.05, 0) is 0 Å². The van der Waals surface area contributed by atoms with Gasteiger partial charge < -0.3 is 55.1 Å². The monoisotopic (exact) mass is 342 g/mol. The van der Waals surface area contributed by atoms with Gasteiger partial charge in [0.15, 0.2) is 12.6 Å². The van der Waals surface area contributed by atoms with Gasteiger partial charge in [0.2, 0.25) is 0 Å². The van der Waals surface area contributed by atoms with Gasteiger partial charge in [-0.3, -0.25) is 0 Å². The highest BCUT2D eigenvalue weighted by Gasteiger charge is 2.50. The number of aliphatic hydroxyl groups is 8. The van der Waals surface area contributed by atoms with Crippen molar-refractivity contribution in [3.8, 4) is 0 Å². The Bertz CT molecular complexity index is 378. The maximum Gasteiger partial charge on any atom is 0.187 e. The van der Waals surface area contributed by atoms with Gasteiger partial charge in [-0.1, -0.05) is 0 Å². The van der Waals surface area contributed by atoms with Gasteiger partial charge in [0.05, 0.1) is 13.2 Å². The van der Waals surface area contributed by atoms with Crippen LogP contribution < -0.4 is 0 Å². The molecule has 23 heavy (non-hydrogen) atoms. The number of hydrogen-bond donors (Lipinski definition) is 8. The van der Waals surface area contributed by atoms with E-state index in [2.05, 4.69) is 0 Å². The van der Waals surface area contributed by atoms with Crippen LogP contribution in [-0.4, -0.2) is 115 Å². The van der Waals surface area contributed by atoms with Crippen LogP contribution in [0.1, 0.15) is 0 Å². The zero-order valence-electron chi connectivity index (χ0n) is 12.0. The maximum atomic E-state index is 9.94. The topological polar surface area (TPSA) is 190 Å². The van der Waals surface area contributed by atoms with Crippen molar-refractivity contribution in [3.63, 3.8) is 0 Å². The Morgan fingerprint density at radius 2 is 1.26 bits per heavy atom. The minimum absolute atomic E-state index is 0.667. The van der Waals surface area contributed by atoms with E-state index in [1.54, 1.807) is 0 Å². The fourth-order valence-electron chi connectivity index (χ4n) is 2.57. The van der Waals surface area contributed by atoms with Gasteiger partial charge >= 0.3 is 0 Å². The van der Waals surface area contributed by atoms with Crippen LogP contribution in [0.25, 0.3) is 0 Å². The van der Waals surface area contributed by atoms with Gasteiger partial charge in [-0.2, -0.15) is 0 Å². The van der Waals surface area contributed by atoms with Crippen molar-refractivity contribution >= 4 is 0 Å². The van der Waals surface area contributed by atoms with Crippen LogP contribution in [0.3, 0.4) is 0 Å². The third-order valence-corrected chi connectivity index (χ3v) is 3.98. The van der Waals surface area contributed by atoms with E-state index in [9.17, 15) is 35.7 Å². The Kier molecular flexibility index (Phi) is 6.27. The first-order valence-corrected chi connectivity index (χ1v) is 7.08. The third-order valence-electron chi connectivity index (χ3n) is 3.98. The Labute approximate surface area is 130 Å². The maximum absolute atomic E-state index is 9.94. The SMILES string of the molecule is OC[C@@H]1O[C@H](O)[C@H](O)[C@H](O)[C@@H]1O[C@H]1O[C@H](CO)[C@H](O)[C@@H](O)[C@H]1O. The molecule has 11 heteroatoms. The Balaban J connectivity index is 2.11. The molecular formula is C12H22O11. The molecular weight excluding hydrogens is 320 g/mol. The Morgan fingerprint density at radius 1 is 0.652 bits per heavy atom. The summed E-state index contributed by atoms with van der Waals surface area (Å²) in [5.74, 6) is 0. The summed E-state index contributed by atoms with van der Waals surface area (Å²) in [6, 6.07) is 0. The summed E-state index contributed by atoms with van der Waals surface area (Å²) >= 11 is 0. The summed E-state index contributed by atoms with van der Waals surface area (Å²) in [5.41, 5.74) is 0. The molecule has 0 amide bonds. The second-order valence-corrected chi connectivity index (χ2v) is 5.53. The molecule has 0 unspecified atom stereocenters. The van der Waals surface area contributed by atoms with Crippen molar-refractivity contribution in [1.29, 1.82) is 0 Å². The van der Waals surface area contributed by atoms with Gasteiger partial charge in [0.25, 0.3) is 0 Å². The van der Waals surface area contributed by atoms with Gasteiger partial charge in [-0.15, -0.1) is 0 Å². The second kappa shape index (κ2) is 7.63. The molecule has 11 nitrogen and oxygen atoms in total. The molecule has 2 fully saturated rings. The minimum Gasteiger partial charge on any atom is -0.394 e. The van der Waals surface area contributed by atoms with E-state index in [1.807, 2.05) is 0 Å². The molecule has 2 aliphatic heterocycles. The van der Waals surface area contributed by atoms with Crippen molar-refractivity contribution in [2.75, 3.05) is 13.2 Å². The summed E-state index contributed by atoms with van der Waals surface area (Å²) in [5, 5.41) is 76.5. The van der Waals surface area contributed by atoms with E-state index in [1.165, 1.54) is 0 Å². The fourth-order valence-corrected chi connectivity index (χ4v) is 2.57. The Morgan fingerprint density at radius 3 is 1.83 bits per heavy atom. The number of aliphatic hydroxyl groups excluding tert-OH is 8. The standard InChI is InChI=1S/C12H22O11/c13-1-3-5(15)6(16)9(19)12(22-3)23-10-4(2-14)21-11(20)8(18)7(10)17/h3-20H,1-2H2/t3-,4+,5+,6-,7+,8-,9-,10-,11+,12-/m1/s1. The molecule has 0 aromatic heterocycles. The number of ether oxygens (including phenoxy) is 3. The molecule has 136 valence electrons. The van der Waals surface area contributed by atoms with Crippen LogP contribution in [-0.2, 0) is 14.2 Å². The number of hydrogen-bond acceptors (Lipinski definition) is 11. The zero-order valence-corrected chi connectivity index (χ0v) is 12.0. The van der Waals surface area contributed by atoms with Crippen LogP contribution in [0.15, 0.2) is 0 Å². The smallest absolute Gasteiger partial charge is 0.187 e. The van der Waals surface area contributed by atoms with Gasteiger partial charge in [0, 0.05) is 0 Å². The molecule has 0 aliphatic carbocycles. The fraction of sp³-hybridized carbons (Fsp3) is 1.00. The first kappa shape index (κ1) is 18.9. The van der Waals surface area contributed by atoms with Crippen LogP contribution in [0, 0.1) is 0 Å². The largest absolute Gasteiger partial charge is 0.394 e. The molecule has 0 spiro atoms. The molecule has 2 rings (SSSR count). The molecule has 0 saturated carbocycles. The lowest BCUT2D eigenvalue weighted by Crippen LogP contribution is -2.64. The molecule has 0 radical (unpaired) electrons. The average Bonchev–Trinajstić information content (AvgIpc) is 2.55. The van der Waals surface area contributed by atoms with Gasteiger partial charge in [-0.25, -0.2) is 0 Å². The average molecular weight is 342 g/mol. The summed E-state index contributed by atoms with van der Waals surface area (Å²) in [6.45, 7) is -1.35. The van der Waals surface area contributed by atoms with Crippen molar-refractivity contribution in [2.45, 2.75) is 61.4 Å². The van der Waals surface area contributed by atoms with Crippen LogP contribution in [0.4, 0.5) is 0 Å². The minimum atomic E-state index is -1.74. The third kappa shape index (κ3) is 3.65. The molecule has 0 aromatic carbocycles. The normalized spacial score (nSPS) is 51.7. The first-order chi connectivity index (χ1) is 10.8. The predicted octanol–water partition coefficient (Wildman–Crippen LogP) is -5.40. The molecule has 10 atom stereocenters. The van der Waals surface area contributed by atoms with Crippen molar-refractivity contribution in [1.82, 2.24) is 0 Å². The van der Waals surface area contributed by atoms with Crippen molar-refractivity contribution in [2.24, 2.45) is 0 Å². The highest BCUT2D eigenvalue weighted by Crippen LogP contribution is 2.28. The predicted molar refractivity (Wildman–Crippen MR) is 68.6 cm³/mol. The van der Waals surface area contributed by atoms with E-state index >= 15 is 0 Å². The lowest BCUT2D eigenvalue weighted by molar-refractivity contribution is -0.355. The Hall–Kier alpha value is -0.440. The first-order valence-electron chi connectivity index (χ1n) is 7.08. The van der Waals surface area contributed by atoms with E-state index in [0.29, 0.717) is 0 Å². The zero-order chi connectivity index (χ0) is 17.3. The summed E-state index contributed by atoms with van der Waals surface area (Å²) < 4.78 is 15.3. The highest BCUT2D eigenvalue weighted by molar-refractivity contribution is 4.93. The van der Waals surface area contributed by atoms with Gasteiger partial charge in [0.1, 0.15) is 48.8 Å². The molecule has 0 bridgehead atoms. The lowest BCUT2D eigenvalue weighted by Gasteiger charge is -2.45.